The second-order valence-electron chi connectivity index (χ2n) is 6.07. The summed E-state index contributed by atoms with van der Waals surface area (Å²) < 4.78 is 21.6. The molecule has 1 unspecified atom stereocenters. The highest BCUT2D eigenvalue weighted by molar-refractivity contribution is 5.83. The number of pyridine rings is 1. The number of benzene rings is 1. The van der Waals surface area contributed by atoms with Gasteiger partial charge in [0.25, 0.3) is 0 Å². The normalized spacial score (nSPS) is 12.1. The van der Waals surface area contributed by atoms with E-state index >= 15 is 0 Å². The molecule has 0 aliphatic rings. The Kier molecular flexibility index (Phi) is 5.51. The van der Waals surface area contributed by atoms with Gasteiger partial charge in [-0.3, -0.25) is 4.98 Å². The van der Waals surface area contributed by atoms with E-state index in [1.165, 1.54) is 6.20 Å². The zero-order chi connectivity index (χ0) is 18.5. The summed E-state index contributed by atoms with van der Waals surface area (Å²) in [6.45, 7) is 4.42. The fourth-order valence-corrected chi connectivity index (χ4v) is 3.14. The summed E-state index contributed by atoms with van der Waals surface area (Å²) in [5.41, 5.74) is 1.59. The molecule has 0 radical (unpaired) electrons. The maximum atomic E-state index is 14.3. The van der Waals surface area contributed by atoms with Crippen LogP contribution in [0.4, 0.5) is 9.18 Å². The number of hydrogen-bond donors (Lipinski definition) is 1. The van der Waals surface area contributed by atoms with E-state index in [-0.39, 0.29) is 11.9 Å². The first kappa shape index (κ1) is 17.9. The largest absolute Gasteiger partial charge is 0.412 e. The molecular weight excluding hydrogens is 333 g/mol. The van der Waals surface area contributed by atoms with E-state index in [2.05, 4.69) is 21.8 Å². The number of nitrogens with one attached hydrogen (secondary N) is 1. The highest BCUT2D eigenvalue weighted by Gasteiger charge is 2.19. The lowest BCUT2D eigenvalue weighted by molar-refractivity contribution is 0.201. The molecule has 1 atom stereocenters. The minimum absolute atomic E-state index is 0.115. The average molecular weight is 355 g/mol. The monoisotopic (exact) mass is 355 g/mol. The van der Waals surface area contributed by atoms with Crippen molar-refractivity contribution in [2.45, 2.75) is 32.7 Å². The highest BCUT2D eigenvalue weighted by Crippen LogP contribution is 2.31. The zero-order valence-electron chi connectivity index (χ0n) is 14.9. The van der Waals surface area contributed by atoms with Gasteiger partial charge < -0.3 is 14.6 Å². The van der Waals surface area contributed by atoms with Crippen LogP contribution in [0.5, 0.6) is 5.75 Å². The molecule has 1 amide bonds. The second-order valence-corrected chi connectivity index (χ2v) is 6.07. The van der Waals surface area contributed by atoms with Crippen molar-refractivity contribution in [1.29, 1.82) is 0 Å². The van der Waals surface area contributed by atoms with Crippen LogP contribution < -0.4 is 10.1 Å². The number of ether oxygens (including phenoxy) is 1. The van der Waals surface area contributed by atoms with Gasteiger partial charge >= 0.3 is 6.09 Å². The van der Waals surface area contributed by atoms with Crippen LogP contribution in [-0.2, 0) is 0 Å². The topological polar surface area (TPSA) is 56.2 Å². The number of hydrogen-bond acceptors (Lipinski definition) is 3. The molecule has 1 N–H and O–H groups in total. The van der Waals surface area contributed by atoms with Crippen molar-refractivity contribution >= 4 is 17.0 Å². The van der Waals surface area contributed by atoms with Gasteiger partial charge in [0.2, 0.25) is 0 Å². The number of aromatic nitrogens is 2. The average Bonchev–Trinajstić information content (AvgIpc) is 3.03. The third-order valence-electron chi connectivity index (χ3n) is 4.28. The summed E-state index contributed by atoms with van der Waals surface area (Å²) in [5, 5.41) is 3.53. The van der Waals surface area contributed by atoms with E-state index in [0.717, 1.165) is 23.7 Å². The Balaban J connectivity index is 1.96. The van der Waals surface area contributed by atoms with E-state index < -0.39 is 6.09 Å². The van der Waals surface area contributed by atoms with Crippen LogP contribution in [0.15, 0.2) is 48.9 Å². The Morgan fingerprint density at radius 2 is 2.15 bits per heavy atom. The third kappa shape index (κ3) is 3.69. The molecule has 0 fully saturated rings. The molecule has 26 heavy (non-hydrogen) atoms. The van der Waals surface area contributed by atoms with E-state index in [1.807, 2.05) is 31.3 Å². The van der Waals surface area contributed by atoms with Crippen LogP contribution in [0, 0.1) is 5.82 Å². The minimum Gasteiger partial charge on any atom is -0.410 e. The standard InChI is InChI=1S/C20H22FN3O2/c1-3-5-19(16-8-10-22-13-17(16)21)24-11-9-14-12-15(6-7-18(14)24)26-20(25)23-4-2/h6-13,19H,3-5H2,1-2H3,(H,23,25). The van der Waals surface area contributed by atoms with Crippen molar-refractivity contribution in [3.63, 3.8) is 0 Å². The van der Waals surface area contributed by atoms with Crippen LogP contribution in [0.1, 0.15) is 38.3 Å². The van der Waals surface area contributed by atoms with Crippen molar-refractivity contribution in [2.75, 3.05) is 6.54 Å². The molecule has 6 heteroatoms. The maximum absolute atomic E-state index is 14.3. The Labute approximate surface area is 151 Å². The second kappa shape index (κ2) is 7.99. The predicted molar refractivity (Wildman–Crippen MR) is 98.9 cm³/mol. The molecule has 3 aromatic rings. The lowest BCUT2D eigenvalue weighted by Crippen LogP contribution is -2.26. The first-order valence-electron chi connectivity index (χ1n) is 8.79. The Morgan fingerprint density at radius 3 is 2.88 bits per heavy atom. The van der Waals surface area contributed by atoms with Crippen LogP contribution in [0.3, 0.4) is 0 Å². The predicted octanol–water partition coefficient (Wildman–Crippen LogP) is 4.67. The van der Waals surface area contributed by atoms with Gasteiger partial charge in [0.15, 0.2) is 0 Å². The smallest absolute Gasteiger partial charge is 0.410 e. The summed E-state index contributed by atoms with van der Waals surface area (Å²) in [6, 6.07) is 9.02. The summed E-state index contributed by atoms with van der Waals surface area (Å²) in [5.74, 6) is 0.173. The molecule has 0 saturated carbocycles. The molecular formula is C20H22FN3O2. The number of rotatable bonds is 6. The molecule has 0 spiro atoms. The number of carbonyl (C=O) groups is 1. The summed E-state index contributed by atoms with van der Waals surface area (Å²) in [6.07, 6.45) is 6.06. The van der Waals surface area contributed by atoms with Crippen molar-refractivity contribution in [2.24, 2.45) is 0 Å². The Morgan fingerprint density at radius 1 is 1.31 bits per heavy atom. The van der Waals surface area contributed by atoms with Crippen molar-refractivity contribution < 1.29 is 13.9 Å². The van der Waals surface area contributed by atoms with Crippen LogP contribution in [-0.4, -0.2) is 22.2 Å². The molecule has 2 heterocycles. The van der Waals surface area contributed by atoms with Crippen LogP contribution in [0.25, 0.3) is 10.9 Å². The first-order valence-corrected chi connectivity index (χ1v) is 8.79. The minimum atomic E-state index is -0.478. The summed E-state index contributed by atoms with van der Waals surface area (Å²) >= 11 is 0. The molecule has 1 aromatic carbocycles. The molecule has 0 aliphatic carbocycles. The van der Waals surface area contributed by atoms with Gasteiger partial charge in [0.1, 0.15) is 11.6 Å². The molecule has 5 nitrogen and oxygen atoms in total. The Hall–Kier alpha value is -2.89. The molecule has 2 aromatic heterocycles. The van der Waals surface area contributed by atoms with Crippen LogP contribution in [0.2, 0.25) is 0 Å². The third-order valence-corrected chi connectivity index (χ3v) is 4.28. The van der Waals surface area contributed by atoms with E-state index in [1.54, 1.807) is 18.3 Å². The molecule has 0 aliphatic heterocycles. The van der Waals surface area contributed by atoms with E-state index in [4.69, 9.17) is 4.74 Å². The van der Waals surface area contributed by atoms with Crippen molar-refractivity contribution in [3.8, 4) is 5.75 Å². The summed E-state index contributed by atoms with van der Waals surface area (Å²) in [7, 11) is 0. The van der Waals surface area contributed by atoms with Gasteiger partial charge in [-0.25, -0.2) is 9.18 Å². The van der Waals surface area contributed by atoms with Crippen LogP contribution >= 0.6 is 0 Å². The molecule has 3 rings (SSSR count). The van der Waals surface area contributed by atoms with Gasteiger partial charge in [-0.2, -0.15) is 0 Å². The fraction of sp³-hybridized carbons (Fsp3) is 0.300. The van der Waals surface area contributed by atoms with Gasteiger partial charge in [-0.05, 0) is 43.7 Å². The lowest BCUT2D eigenvalue weighted by atomic mass is 10.0. The molecule has 136 valence electrons. The summed E-state index contributed by atoms with van der Waals surface area (Å²) in [4.78, 5) is 15.4. The molecule has 0 saturated heterocycles. The SMILES string of the molecule is CCCC(c1ccncc1F)n1ccc2cc(OC(=O)NCC)ccc21. The van der Waals surface area contributed by atoms with Gasteiger partial charge in [0, 0.05) is 35.4 Å². The molecule has 0 bridgehead atoms. The Bertz CT molecular complexity index is 907. The van der Waals surface area contributed by atoms with Crippen molar-refractivity contribution in [1.82, 2.24) is 14.9 Å². The zero-order valence-corrected chi connectivity index (χ0v) is 14.9. The van der Waals surface area contributed by atoms with Gasteiger partial charge in [-0.15, -0.1) is 0 Å². The van der Waals surface area contributed by atoms with Crippen molar-refractivity contribution in [3.05, 3.63) is 60.3 Å². The first-order chi connectivity index (χ1) is 12.6. The number of fused-ring (bicyclic) bond motifs is 1. The lowest BCUT2D eigenvalue weighted by Gasteiger charge is -2.20. The highest BCUT2D eigenvalue weighted by atomic mass is 19.1. The number of halogens is 1. The van der Waals surface area contributed by atoms with E-state index in [9.17, 15) is 9.18 Å². The number of amides is 1. The van der Waals surface area contributed by atoms with E-state index in [0.29, 0.717) is 17.9 Å². The number of nitrogens with zero attached hydrogens (tertiary/aromatic N) is 2. The number of carbonyl (C=O) groups excluding carboxylic acids is 1. The quantitative estimate of drug-likeness (QED) is 0.699. The van der Waals surface area contributed by atoms with Gasteiger partial charge in [-0.1, -0.05) is 13.3 Å². The fourth-order valence-electron chi connectivity index (χ4n) is 3.14. The maximum Gasteiger partial charge on any atom is 0.412 e. The van der Waals surface area contributed by atoms with Gasteiger partial charge in [0.05, 0.1) is 12.2 Å².